The molecule has 0 radical (unpaired) electrons. The summed E-state index contributed by atoms with van der Waals surface area (Å²) in [6.45, 7) is 4.87. The largest absolute Gasteiger partial charge is 0.487 e. The molecule has 1 N–H and O–H groups in total. The quantitative estimate of drug-likeness (QED) is 0.438. The van der Waals surface area contributed by atoms with Crippen molar-refractivity contribution in [3.63, 3.8) is 0 Å². The number of carbonyl (C=O) groups excluding carboxylic acids is 1. The van der Waals surface area contributed by atoms with Gasteiger partial charge in [0.25, 0.3) is 0 Å². The maximum atomic E-state index is 15.4. The fourth-order valence-corrected chi connectivity index (χ4v) is 6.02. The van der Waals surface area contributed by atoms with Crippen molar-refractivity contribution in [3.8, 4) is 5.75 Å². The van der Waals surface area contributed by atoms with E-state index in [1.54, 1.807) is 6.07 Å². The highest BCUT2D eigenvalue weighted by Gasteiger charge is 2.32. The second kappa shape index (κ2) is 10.5. The molecule has 1 aliphatic heterocycles. The molecule has 2 heterocycles. The smallest absolute Gasteiger partial charge is 0.217 e. The highest BCUT2D eigenvalue weighted by atomic mass is 32.1. The molecule has 0 bridgehead atoms. The van der Waals surface area contributed by atoms with Crippen LogP contribution in [-0.2, 0) is 9.53 Å². The maximum absolute atomic E-state index is 15.4. The van der Waals surface area contributed by atoms with Gasteiger partial charge in [0.15, 0.2) is 16.7 Å². The number of ether oxygens (including phenoxy) is 2. The molecule has 186 valence electrons. The van der Waals surface area contributed by atoms with E-state index in [2.05, 4.69) is 34.5 Å². The van der Waals surface area contributed by atoms with E-state index in [1.165, 1.54) is 23.8 Å². The van der Waals surface area contributed by atoms with Crippen LogP contribution in [0.4, 0.5) is 9.52 Å². The monoisotopic (exact) mass is 497 g/mol. The molecule has 6 nitrogen and oxygen atoms in total. The molecule has 8 heteroatoms. The van der Waals surface area contributed by atoms with E-state index in [0.717, 1.165) is 43.8 Å². The summed E-state index contributed by atoms with van der Waals surface area (Å²) in [6.07, 6.45) is 4.56. The molecule has 1 aliphatic carbocycles. The Balaban J connectivity index is 1.19. The zero-order valence-electron chi connectivity index (χ0n) is 20.2. The maximum Gasteiger partial charge on any atom is 0.217 e. The lowest BCUT2D eigenvalue weighted by molar-refractivity contribution is -0.120. The number of rotatable bonds is 8. The van der Waals surface area contributed by atoms with Gasteiger partial charge < -0.3 is 19.7 Å². The molecule has 3 aromatic rings. The first-order valence-electron chi connectivity index (χ1n) is 12.4. The summed E-state index contributed by atoms with van der Waals surface area (Å²) in [5.41, 5.74) is 1.95. The predicted octanol–water partition coefficient (Wildman–Crippen LogP) is 5.62. The number of amides is 1. The van der Waals surface area contributed by atoms with E-state index in [0.29, 0.717) is 28.6 Å². The summed E-state index contributed by atoms with van der Waals surface area (Å²) in [5.74, 6) is -0.0590. The van der Waals surface area contributed by atoms with Gasteiger partial charge in [0.2, 0.25) is 5.91 Å². The molecule has 1 saturated heterocycles. The van der Waals surface area contributed by atoms with Gasteiger partial charge in [0.1, 0.15) is 0 Å². The molecule has 5 rings (SSSR count). The second-order valence-electron chi connectivity index (χ2n) is 9.58. The van der Waals surface area contributed by atoms with Gasteiger partial charge in [-0.25, -0.2) is 9.37 Å². The third-order valence-electron chi connectivity index (χ3n) is 6.85. The van der Waals surface area contributed by atoms with Gasteiger partial charge in [-0.15, -0.1) is 0 Å². The van der Waals surface area contributed by atoms with Crippen LogP contribution in [0.1, 0.15) is 57.6 Å². The minimum atomic E-state index is -0.314. The molecule has 1 amide bonds. The first-order valence-corrected chi connectivity index (χ1v) is 13.3. The molecular weight excluding hydrogens is 465 g/mol. The molecule has 0 spiro atoms. The molecule has 35 heavy (non-hydrogen) atoms. The topological polar surface area (TPSA) is 63.7 Å². The number of aromatic nitrogens is 1. The number of fused-ring (bicyclic) bond motifs is 1. The highest BCUT2D eigenvalue weighted by Crippen LogP contribution is 2.43. The standard InChI is InChI=1S/C27H32FN3O3S/c1-17(29-18(2)32)16-33-20-8-10-21(11-9-20)34-24-13-12-22-26(25(24)28)35-27(30-22)31-15-14-23(31)19-6-4-3-5-7-19/h3-7,12-13,17,20-21,23H,8-11,14-16H2,1-2H3,(H,29,32)/t17-,20-,21-,23?/m0/s1. The second-order valence-corrected chi connectivity index (χ2v) is 10.6. The van der Waals surface area contributed by atoms with E-state index in [4.69, 9.17) is 14.5 Å². The van der Waals surface area contributed by atoms with Gasteiger partial charge >= 0.3 is 0 Å². The third kappa shape index (κ3) is 5.43. The number of halogens is 1. The van der Waals surface area contributed by atoms with E-state index in [-0.39, 0.29) is 30.0 Å². The zero-order valence-corrected chi connectivity index (χ0v) is 21.0. The van der Waals surface area contributed by atoms with Gasteiger partial charge in [-0.05, 0) is 56.7 Å². The molecule has 2 atom stereocenters. The van der Waals surface area contributed by atoms with E-state index < -0.39 is 0 Å². The minimum absolute atomic E-state index is 0.00849. The van der Waals surface area contributed by atoms with Gasteiger partial charge in [-0.2, -0.15) is 0 Å². The van der Waals surface area contributed by atoms with Crippen molar-refractivity contribution in [2.45, 2.75) is 70.2 Å². The van der Waals surface area contributed by atoms with Crippen molar-refractivity contribution in [3.05, 3.63) is 53.8 Å². The Bertz CT molecular complexity index is 1160. The Morgan fingerprint density at radius 1 is 1.14 bits per heavy atom. The first kappa shape index (κ1) is 24.0. The Kier molecular flexibility index (Phi) is 7.20. The fourth-order valence-electron chi connectivity index (χ4n) is 4.95. The van der Waals surface area contributed by atoms with Crippen molar-refractivity contribution >= 4 is 32.6 Å². The summed E-state index contributed by atoms with van der Waals surface area (Å²) >= 11 is 1.41. The highest BCUT2D eigenvalue weighted by molar-refractivity contribution is 7.22. The van der Waals surface area contributed by atoms with Crippen LogP contribution in [0.2, 0.25) is 0 Å². The summed E-state index contributed by atoms with van der Waals surface area (Å²) in [7, 11) is 0. The van der Waals surface area contributed by atoms with Crippen molar-refractivity contribution in [2.75, 3.05) is 18.1 Å². The van der Waals surface area contributed by atoms with Crippen molar-refractivity contribution in [1.82, 2.24) is 10.3 Å². The molecule has 2 aromatic carbocycles. The van der Waals surface area contributed by atoms with Crippen LogP contribution >= 0.6 is 11.3 Å². The number of benzene rings is 2. The van der Waals surface area contributed by atoms with Crippen molar-refractivity contribution < 1.29 is 18.7 Å². The normalized spacial score (nSPS) is 23.1. The Morgan fingerprint density at radius 3 is 2.57 bits per heavy atom. The SMILES string of the molecule is CC(=O)N[C@@H](C)CO[C@H]1CC[C@H](Oc2ccc3nc(N4CCC4c4ccccc4)sc3c2F)CC1. The number of hydrogen-bond acceptors (Lipinski definition) is 6. The number of thiazole rings is 1. The average molecular weight is 498 g/mol. The minimum Gasteiger partial charge on any atom is -0.487 e. The number of nitrogens with one attached hydrogen (secondary N) is 1. The molecular formula is C27H32FN3O3S. The number of nitrogens with zero attached hydrogens (tertiary/aromatic N) is 2. The lowest BCUT2D eigenvalue weighted by Gasteiger charge is -2.41. The number of hydrogen-bond donors (Lipinski definition) is 1. The molecule has 1 aromatic heterocycles. The van der Waals surface area contributed by atoms with E-state index in [1.807, 2.05) is 19.1 Å². The summed E-state index contributed by atoms with van der Waals surface area (Å²) < 4.78 is 28.0. The third-order valence-corrected chi connectivity index (χ3v) is 7.95. The Morgan fingerprint density at radius 2 is 1.89 bits per heavy atom. The van der Waals surface area contributed by atoms with Crippen LogP contribution < -0.4 is 15.0 Å². The zero-order chi connectivity index (χ0) is 24.4. The van der Waals surface area contributed by atoms with E-state index >= 15 is 4.39 Å². The van der Waals surface area contributed by atoms with Crippen molar-refractivity contribution in [2.24, 2.45) is 0 Å². The Hall–Kier alpha value is -2.71. The van der Waals surface area contributed by atoms with Crippen LogP contribution in [0.15, 0.2) is 42.5 Å². The van der Waals surface area contributed by atoms with Crippen LogP contribution in [0, 0.1) is 5.82 Å². The van der Waals surface area contributed by atoms with Crippen molar-refractivity contribution in [1.29, 1.82) is 0 Å². The summed E-state index contributed by atoms with van der Waals surface area (Å²) in [4.78, 5) is 18.1. The fraction of sp³-hybridized carbons (Fsp3) is 0.481. The van der Waals surface area contributed by atoms with Gasteiger partial charge in [0, 0.05) is 19.5 Å². The predicted molar refractivity (Wildman–Crippen MR) is 137 cm³/mol. The van der Waals surface area contributed by atoms with Gasteiger partial charge in [0.05, 0.1) is 35.1 Å². The molecule has 1 saturated carbocycles. The first-order chi connectivity index (χ1) is 17.0. The van der Waals surface area contributed by atoms with Gasteiger partial charge in [-0.1, -0.05) is 41.7 Å². The van der Waals surface area contributed by atoms with Crippen LogP contribution in [0.3, 0.4) is 0 Å². The summed E-state index contributed by atoms with van der Waals surface area (Å²) in [5, 5.41) is 3.70. The summed E-state index contributed by atoms with van der Waals surface area (Å²) in [6, 6.07) is 14.3. The average Bonchev–Trinajstić information content (AvgIpc) is 3.24. The molecule has 2 fully saturated rings. The molecule has 2 aliphatic rings. The number of carbonyl (C=O) groups is 1. The lowest BCUT2D eigenvalue weighted by atomic mass is 9.95. The van der Waals surface area contributed by atoms with E-state index in [9.17, 15) is 4.79 Å². The van der Waals surface area contributed by atoms with Crippen LogP contribution in [0.25, 0.3) is 10.2 Å². The van der Waals surface area contributed by atoms with Crippen LogP contribution in [0.5, 0.6) is 5.75 Å². The Labute approximate surface area is 209 Å². The number of anilines is 1. The molecule has 1 unspecified atom stereocenters. The lowest BCUT2D eigenvalue weighted by Crippen LogP contribution is -2.40. The van der Waals surface area contributed by atoms with Crippen LogP contribution in [-0.4, -0.2) is 42.3 Å². The van der Waals surface area contributed by atoms with Gasteiger partial charge in [-0.3, -0.25) is 4.79 Å².